The highest BCUT2D eigenvalue weighted by Crippen LogP contribution is 2.35. The van der Waals surface area contributed by atoms with Crippen LogP contribution in [-0.2, 0) is 0 Å². The first-order chi connectivity index (χ1) is 5.01. The van der Waals surface area contributed by atoms with Gasteiger partial charge in [0.05, 0.1) is 5.60 Å². The highest BCUT2D eigenvalue weighted by molar-refractivity contribution is 7.81. The Morgan fingerprint density at radius 1 is 1.64 bits per heavy atom. The van der Waals surface area contributed by atoms with Gasteiger partial charge in [-0.3, -0.25) is 0 Å². The molecule has 0 radical (unpaired) electrons. The van der Waals surface area contributed by atoms with E-state index in [0.717, 1.165) is 12.0 Å². The van der Waals surface area contributed by atoms with Crippen molar-refractivity contribution in [2.24, 2.45) is 0 Å². The largest absolute Gasteiger partial charge is 0.390 e. The van der Waals surface area contributed by atoms with Crippen LogP contribution in [0.15, 0.2) is 12.2 Å². The lowest BCUT2D eigenvalue weighted by Crippen LogP contribution is -2.18. The maximum atomic E-state index is 9.43. The number of aliphatic hydroxyl groups is 1. The molecule has 0 aromatic carbocycles. The summed E-state index contributed by atoms with van der Waals surface area (Å²) < 4.78 is 0. The third-order valence-electron chi connectivity index (χ3n) is 1.71. The number of rotatable bonds is 0. The zero-order valence-electron chi connectivity index (χ0n) is 7.59. The van der Waals surface area contributed by atoms with Gasteiger partial charge in [0.2, 0.25) is 0 Å². The van der Waals surface area contributed by atoms with E-state index in [-0.39, 0.29) is 5.25 Å². The molecule has 0 aromatic heterocycles. The topological polar surface area (TPSA) is 20.2 Å². The van der Waals surface area contributed by atoms with Crippen LogP contribution >= 0.6 is 12.6 Å². The van der Waals surface area contributed by atoms with Gasteiger partial charge in [0, 0.05) is 5.25 Å². The normalized spacial score (nSPS) is 36.5. The van der Waals surface area contributed by atoms with Crippen molar-refractivity contribution < 1.29 is 5.11 Å². The van der Waals surface area contributed by atoms with Gasteiger partial charge in [0.15, 0.2) is 0 Å². The molecule has 0 bridgehead atoms. The fraction of sp³-hybridized carbons (Fsp3) is 0.778. The summed E-state index contributed by atoms with van der Waals surface area (Å²) in [4.78, 5) is 0. The summed E-state index contributed by atoms with van der Waals surface area (Å²) in [5.74, 6) is 0. The van der Waals surface area contributed by atoms with E-state index in [9.17, 15) is 5.11 Å². The Bertz CT molecular complexity index is 140. The van der Waals surface area contributed by atoms with Crippen LogP contribution < -0.4 is 0 Å². The molecule has 0 saturated heterocycles. The molecule has 0 heterocycles. The lowest BCUT2D eigenvalue weighted by Gasteiger charge is -2.13. The average Bonchev–Trinajstić information content (AvgIpc) is 2.10. The van der Waals surface area contributed by atoms with E-state index in [1.165, 1.54) is 0 Å². The van der Waals surface area contributed by atoms with Crippen molar-refractivity contribution >= 4 is 12.6 Å². The number of hydrogen-bond donors (Lipinski definition) is 2. The van der Waals surface area contributed by atoms with E-state index < -0.39 is 5.60 Å². The maximum absolute atomic E-state index is 9.43. The van der Waals surface area contributed by atoms with Gasteiger partial charge in [-0.1, -0.05) is 26.0 Å². The first-order valence-electron chi connectivity index (χ1n) is 4.09. The van der Waals surface area contributed by atoms with Gasteiger partial charge in [-0.25, -0.2) is 0 Å². The molecule has 1 saturated carbocycles. The van der Waals surface area contributed by atoms with Gasteiger partial charge in [-0.05, 0) is 19.8 Å². The van der Waals surface area contributed by atoms with Gasteiger partial charge in [-0.2, -0.15) is 12.6 Å². The van der Waals surface area contributed by atoms with E-state index in [1.807, 2.05) is 20.8 Å². The molecule has 0 amide bonds. The Balaban J connectivity index is 0.000000461. The van der Waals surface area contributed by atoms with Crippen LogP contribution in [0.1, 0.15) is 33.6 Å². The quantitative estimate of drug-likeness (QED) is 0.427. The Hall–Kier alpha value is 0.0500. The van der Waals surface area contributed by atoms with E-state index in [4.69, 9.17) is 0 Å². The fourth-order valence-electron chi connectivity index (χ4n) is 1.24. The third kappa shape index (κ3) is 3.30. The number of hydrogen-bond acceptors (Lipinski definition) is 2. The molecule has 2 unspecified atom stereocenters. The number of thiol groups is 1. The van der Waals surface area contributed by atoms with Gasteiger partial charge in [0.25, 0.3) is 0 Å². The summed E-state index contributed by atoms with van der Waals surface area (Å²) in [7, 11) is 0. The van der Waals surface area contributed by atoms with Crippen LogP contribution in [0.25, 0.3) is 0 Å². The summed E-state index contributed by atoms with van der Waals surface area (Å²) in [6, 6.07) is 0. The Morgan fingerprint density at radius 2 is 2.09 bits per heavy atom. The highest BCUT2D eigenvalue weighted by Gasteiger charge is 2.33. The smallest absolute Gasteiger partial charge is 0.0670 e. The Kier molecular flexibility index (Phi) is 4.19. The van der Waals surface area contributed by atoms with Crippen LogP contribution in [0.5, 0.6) is 0 Å². The van der Waals surface area contributed by atoms with Crippen LogP contribution in [0, 0.1) is 0 Å². The molecule has 1 nitrogen and oxygen atoms in total. The molecular formula is C9H18OS. The first kappa shape index (κ1) is 11.1. The molecule has 2 heteroatoms. The molecule has 2 atom stereocenters. The maximum Gasteiger partial charge on any atom is 0.0670 e. The molecule has 0 aliphatic heterocycles. The first-order valence-corrected chi connectivity index (χ1v) is 4.61. The van der Waals surface area contributed by atoms with Crippen molar-refractivity contribution in [2.75, 3.05) is 0 Å². The zero-order valence-corrected chi connectivity index (χ0v) is 8.49. The van der Waals surface area contributed by atoms with Crippen LogP contribution in [0.2, 0.25) is 0 Å². The van der Waals surface area contributed by atoms with Crippen molar-refractivity contribution in [1.29, 1.82) is 0 Å². The van der Waals surface area contributed by atoms with Gasteiger partial charge in [-0.15, -0.1) is 0 Å². The fourth-order valence-corrected chi connectivity index (χ4v) is 1.72. The third-order valence-corrected chi connectivity index (χ3v) is 2.26. The van der Waals surface area contributed by atoms with Crippen molar-refractivity contribution in [3.8, 4) is 0 Å². The van der Waals surface area contributed by atoms with Gasteiger partial charge < -0.3 is 5.11 Å². The molecule has 11 heavy (non-hydrogen) atoms. The van der Waals surface area contributed by atoms with Gasteiger partial charge >= 0.3 is 0 Å². The standard InChI is InChI=1S/C7H12OS.C2H6/c1-5-3-7(2,8)4-6(5)9;1-2/h6,8-9H,1,3-4H2,2H3;1-2H3. The highest BCUT2D eigenvalue weighted by atomic mass is 32.1. The SMILES string of the molecule is C=C1CC(C)(O)CC1S.CC. The lowest BCUT2D eigenvalue weighted by molar-refractivity contribution is 0.0719. The summed E-state index contributed by atoms with van der Waals surface area (Å²) in [6.45, 7) is 9.62. The second-order valence-electron chi connectivity index (χ2n) is 3.05. The molecule has 0 aromatic rings. The minimum absolute atomic E-state index is 0.208. The molecule has 1 aliphatic carbocycles. The second kappa shape index (κ2) is 4.17. The van der Waals surface area contributed by atoms with Crippen molar-refractivity contribution in [3.05, 3.63) is 12.2 Å². The average molecular weight is 174 g/mol. The van der Waals surface area contributed by atoms with Crippen LogP contribution in [0.3, 0.4) is 0 Å². The van der Waals surface area contributed by atoms with Crippen LogP contribution in [0.4, 0.5) is 0 Å². The van der Waals surface area contributed by atoms with E-state index in [2.05, 4.69) is 19.2 Å². The van der Waals surface area contributed by atoms with Gasteiger partial charge in [0.1, 0.15) is 0 Å². The van der Waals surface area contributed by atoms with Crippen molar-refractivity contribution in [2.45, 2.75) is 44.5 Å². The molecule has 1 aliphatic rings. The molecule has 66 valence electrons. The zero-order chi connectivity index (χ0) is 9.07. The lowest BCUT2D eigenvalue weighted by atomic mass is 10.1. The summed E-state index contributed by atoms with van der Waals surface area (Å²) in [5, 5.41) is 9.63. The minimum Gasteiger partial charge on any atom is -0.390 e. The molecule has 1 N–H and O–H groups in total. The van der Waals surface area contributed by atoms with Crippen molar-refractivity contribution in [1.82, 2.24) is 0 Å². The monoisotopic (exact) mass is 174 g/mol. The predicted molar refractivity (Wildman–Crippen MR) is 53.1 cm³/mol. The minimum atomic E-state index is -0.538. The molecule has 0 spiro atoms. The summed E-state index contributed by atoms with van der Waals surface area (Å²) in [5.41, 5.74) is 0.520. The van der Waals surface area contributed by atoms with E-state index in [1.54, 1.807) is 0 Å². The summed E-state index contributed by atoms with van der Waals surface area (Å²) >= 11 is 4.24. The van der Waals surface area contributed by atoms with E-state index in [0.29, 0.717) is 6.42 Å². The van der Waals surface area contributed by atoms with E-state index >= 15 is 0 Å². The molecular weight excluding hydrogens is 156 g/mol. The van der Waals surface area contributed by atoms with Crippen molar-refractivity contribution in [3.63, 3.8) is 0 Å². The van der Waals surface area contributed by atoms with Crippen LogP contribution in [-0.4, -0.2) is 16.0 Å². The summed E-state index contributed by atoms with van der Waals surface area (Å²) in [6.07, 6.45) is 1.45. The Labute approximate surface area is 74.9 Å². The molecule has 1 rings (SSSR count). The molecule has 1 fully saturated rings. The second-order valence-corrected chi connectivity index (χ2v) is 3.68. The Morgan fingerprint density at radius 3 is 2.18 bits per heavy atom. The predicted octanol–water partition coefficient (Wildman–Crippen LogP) is 2.41.